The van der Waals surface area contributed by atoms with Crippen LogP contribution >= 0.6 is 0 Å². The van der Waals surface area contributed by atoms with Crippen LogP contribution in [0.2, 0.25) is 0 Å². The molecule has 2 saturated heterocycles. The Morgan fingerprint density at radius 3 is 2.03 bits per heavy atom. The lowest BCUT2D eigenvalue weighted by Crippen LogP contribution is -2.59. The number of hydrogen-bond donors (Lipinski definition) is 1. The van der Waals surface area contributed by atoms with Gasteiger partial charge >= 0.3 is 0 Å². The molecule has 1 aromatic carbocycles. The minimum absolute atomic E-state index is 0.117. The maximum Gasteiger partial charge on any atom is 0.282 e. The second-order valence-electron chi connectivity index (χ2n) is 8.04. The molecule has 2 aliphatic rings. The Morgan fingerprint density at radius 1 is 0.969 bits per heavy atom. The van der Waals surface area contributed by atoms with E-state index in [0.29, 0.717) is 13.2 Å². The van der Waals surface area contributed by atoms with Crippen LogP contribution in [0.3, 0.4) is 0 Å². The molecule has 0 spiro atoms. The molecule has 1 atom stereocenters. The zero-order valence-electron chi connectivity index (χ0n) is 18.1. The van der Waals surface area contributed by atoms with E-state index >= 15 is 0 Å². The largest absolute Gasteiger partial charge is 0.379 e. The number of rotatable bonds is 6. The molecule has 0 bridgehead atoms. The van der Waals surface area contributed by atoms with Gasteiger partial charge in [-0.2, -0.15) is 17.0 Å². The normalized spacial score (nSPS) is 19.7. The summed E-state index contributed by atoms with van der Waals surface area (Å²) in [4.78, 5) is 27.0. The standard InChI is InChI=1S/C20H28F2N4O5S/c1-14(2)18(23-19(27)17-15(21)4-3-5-16(17)22)20(28)24-6-8-25(9-7-24)32(29,30)26-10-12-31-13-11-26/h3-5,14,18H,6-13H2,1-2H3,(H,23,27)/t18-/m0/s1. The van der Waals surface area contributed by atoms with Crippen molar-refractivity contribution in [2.75, 3.05) is 52.5 Å². The topological polar surface area (TPSA) is 99.3 Å². The maximum atomic E-state index is 13.9. The maximum absolute atomic E-state index is 13.9. The van der Waals surface area contributed by atoms with Crippen LogP contribution in [0.5, 0.6) is 0 Å². The van der Waals surface area contributed by atoms with Gasteiger partial charge in [0.05, 0.1) is 13.2 Å². The van der Waals surface area contributed by atoms with E-state index in [1.807, 2.05) is 0 Å². The molecule has 2 heterocycles. The van der Waals surface area contributed by atoms with Crippen molar-refractivity contribution in [2.24, 2.45) is 5.92 Å². The molecule has 9 nitrogen and oxygen atoms in total. The van der Waals surface area contributed by atoms with Crippen molar-refractivity contribution >= 4 is 22.0 Å². The number of nitrogens with one attached hydrogen (secondary N) is 1. The van der Waals surface area contributed by atoms with Gasteiger partial charge in [-0.15, -0.1) is 0 Å². The number of benzene rings is 1. The van der Waals surface area contributed by atoms with Crippen molar-refractivity contribution in [3.8, 4) is 0 Å². The van der Waals surface area contributed by atoms with Gasteiger partial charge in [0.25, 0.3) is 16.1 Å². The summed E-state index contributed by atoms with van der Waals surface area (Å²) in [6.07, 6.45) is 0. The van der Waals surface area contributed by atoms with Crippen LogP contribution in [-0.4, -0.2) is 92.3 Å². The molecule has 0 radical (unpaired) electrons. The first-order valence-corrected chi connectivity index (χ1v) is 11.9. The molecule has 2 aliphatic heterocycles. The summed E-state index contributed by atoms with van der Waals surface area (Å²) in [5.41, 5.74) is -0.743. The van der Waals surface area contributed by atoms with Gasteiger partial charge in [0.2, 0.25) is 5.91 Å². The van der Waals surface area contributed by atoms with E-state index in [0.717, 1.165) is 18.2 Å². The van der Waals surface area contributed by atoms with E-state index in [1.54, 1.807) is 13.8 Å². The van der Waals surface area contributed by atoms with Crippen LogP contribution in [0, 0.1) is 17.6 Å². The van der Waals surface area contributed by atoms with Crippen molar-refractivity contribution in [1.29, 1.82) is 0 Å². The Balaban J connectivity index is 1.64. The lowest BCUT2D eigenvalue weighted by Gasteiger charge is -2.39. The van der Waals surface area contributed by atoms with E-state index in [1.165, 1.54) is 13.5 Å². The Morgan fingerprint density at radius 2 is 1.50 bits per heavy atom. The number of hydrogen-bond acceptors (Lipinski definition) is 5. The van der Waals surface area contributed by atoms with Gasteiger partial charge < -0.3 is 15.0 Å². The molecular formula is C20H28F2N4O5S. The highest BCUT2D eigenvalue weighted by atomic mass is 32.2. The van der Waals surface area contributed by atoms with E-state index in [9.17, 15) is 26.8 Å². The van der Waals surface area contributed by atoms with Crippen LogP contribution in [0.25, 0.3) is 0 Å². The minimum Gasteiger partial charge on any atom is -0.379 e. The summed E-state index contributed by atoms with van der Waals surface area (Å²) < 4.78 is 61.4. The Labute approximate surface area is 186 Å². The second-order valence-corrected chi connectivity index (χ2v) is 9.96. The highest BCUT2D eigenvalue weighted by Crippen LogP contribution is 2.17. The van der Waals surface area contributed by atoms with Gasteiger partial charge in [0.15, 0.2) is 0 Å². The monoisotopic (exact) mass is 474 g/mol. The third-order valence-electron chi connectivity index (χ3n) is 5.58. The average Bonchev–Trinajstić information content (AvgIpc) is 2.77. The van der Waals surface area contributed by atoms with Crippen molar-refractivity contribution in [1.82, 2.24) is 18.8 Å². The van der Waals surface area contributed by atoms with Crippen molar-refractivity contribution in [3.63, 3.8) is 0 Å². The van der Waals surface area contributed by atoms with Gasteiger partial charge in [0.1, 0.15) is 23.2 Å². The first-order valence-electron chi connectivity index (χ1n) is 10.5. The third kappa shape index (κ3) is 5.25. The van der Waals surface area contributed by atoms with Crippen LogP contribution in [0.15, 0.2) is 18.2 Å². The number of carbonyl (C=O) groups excluding carboxylic acids is 2. The second kappa shape index (κ2) is 10.2. The molecule has 0 saturated carbocycles. The molecule has 0 unspecified atom stereocenters. The lowest BCUT2D eigenvalue weighted by molar-refractivity contribution is -0.135. The molecule has 178 valence electrons. The number of piperazine rings is 1. The molecule has 2 amide bonds. The summed E-state index contributed by atoms with van der Waals surface area (Å²) in [5.74, 6) is -3.81. The van der Waals surface area contributed by atoms with Crippen LogP contribution in [-0.2, 0) is 19.7 Å². The van der Waals surface area contributed by atoms with E-state index < -0.39 is 45.3 Å². The van der Waals surface area contributed by atoms with E-state index in [-0.39, 0.29) is 45.2 Å². The average molecular weight is 475 g/mol. The quantitative estimate of drug-likeness (QED) is 0.645. The number of carbonyl (C=O) groups is 2. The summed E-state index contributed by atoms with van der Waals surface area (Å²) in [6.45, 7) is 5.21. The summed E-state index contributed by atoms with van der Waals surface area (Å²) >= 11 is 0. The fourth-order valence-electron chi connectivity index (χ4n) is 3.72. The lowest BCUT2D eigenvalue weighted by atomic mass is 10.0. The SMILES string of the molecule is CC(C)[C@H](NC(=O)c1c(F)cccc1F)C(=O)N1CCN(S(=O)(=O)N2CCOCC2)CC1. The van der Waals surface area contributed by atoms with Gasteiger partial charge in [-0.1, -0.05) is 19.9 Å². The molecular weight excluding hydrogens is 446 g/mol. The first-order chi connectivity index (χ1) is 15.1. The Hall–Kier alpha value is -2.15. The Kier molecular flexibility index (Phi) is 7.80. The number of nitrogens with zero attached hydrogens (tertiary/aromatic N) is 3. The fourth-order valence-corrected chi connectivity index (χ4v) is 5.28. The first kappa shape index (κ1) is 24.5. The molecule has 3 rings (SSSR count). The summed E-state index contributed by atoms with van der Waals surface area (Å²) in [6, 6.07) is 2.08. The molecule has 2 fully saturated rings. The van der Waals surface area contributed by atoms with Crippen molar-refractivity contribution < 1.29 is 31.5 Å². The predicted molar refractivity (Wildman–Crippen MR) is 112 cm³/mol. The molecule has 12 heteroatoms. The van der Waals surface area contributed by atoms with Crippen LogP contribution in [0.1, 0.15) is 24.2 Å². The highest BCUT2D eigenvalue weighted by Gasteiger charge is 2.37. The minimum atomic E-state index is -3.64. The van der Waals surface area contributed by atoms with Gasteiger partial charge in [-0.3, -0.25) is 9.59 Å². The van der Waals surface area contributed by atoms with Crippen LogP contribution < -0.4 is 5.32 Å². The zero-order valence-corrected chi connectivity index (χ0v) is 18.9. The molecule has 0 aromatic heterocycles. The smallest absolute Gasteiger partial charge is 0.282 e. The van der Waals surface area contributed by atoms with Gasteiger partial charge in [0, 0.05) is 39.3 Å². The van der Waals surface area contributed by atoms with Crippen molar-refractivity contribution in [3.05, 3.63) is 35.4 Å². The van der Waals surface area contributed by atoms with Crippen molar-refractivity contribution in [2.45, 2.75) is 19.9 Å². The molecule has 1 N–H and O–H groups in total. The van der Waals surface area contributed by atoms with E-state index in [2.05, 4.69) is 5.32 Å². The molecule has 1 aromatic rings. The number of morpholine rings is 1. The van der Waals surface area contributed by atoms with E-state index in [4.69, 9.17) is 4.74 Å². The Bertz CT molecular complexity index is 925. The summed E-state index contributed by atoms with van der Waals surface area (Å²) in [5, 5.41) is 2.44. The van der Waals surface area contributed by atoms with Gasteiger partial charge in [-0.25, -0.2) is 8.78 Å². The zero-order chi connectivity index (χ0) is 23.5. The third-order valence-corrected chi connectivity index (χ3v) is 7.62. The fraction of sp³-hybridized carbons (Fsp3) is 0.600. The number of ether oxygens (including phenoxy) is 1. The number of halogens is 2. The highest BCUT2D eigenvalue weighted by molar-refractivity contribution is 7.86. The number of amides is 2. The summed E-state index contributed by atoms with van der Waals surface area (Å²) in [7, 11) is -3.64. The molecule has 32 heavy (non-hydrogen) atoms. The molecule has 0 aliphatic carbocycles. The van der Waals surface area contributed by atoms with Crippen LogP contribution in [0.4, 0.5) is 8.78 Å². The van der Waals surface area contributed by atoms with Gasteiger partial charge in [-0.05, 0) is 18.1 Å². The predicted octanol–water partition coefficient (Wildman–Crippen LogP) is 0.440.